The molecule has 26 heavy (non-hydrogen) atoms. The second-order valence-corrected chi connectivity index (χ2v) is 7.51. The lowest BCUT2D eigenvalue weighted by Gasteiger charge is -2.37. The fraction of sp³-hybridized carbons (Fsp3) is 0.600. The Bertz CT molecular complexity index is 663. The third-order valence-electron chi connectivity index (χ3n) is 5.79. The quantitative estimate of drug-likeness (QED) is 0.862. The van der Waals surface area contributed by atoms with E-state index in [1.807, 2.05) is 29.2 Å². The van der Waals surface area contributed by atoms with E-state index in [2.05, 4.69) is 24.5 Å². The Hall–Kier alpha value is -2.24. The first kappa shape index (κ1) is 18.5. The van der Waals surface area contributed by atoms with Gasteiger partial charge in [0, 0.05) is 13.1 Å². The van der Waals surface area contributed by atoms with Crippen LogP contribution in [0, 0.1) is 11.8 Å². The van der Waals surface area contributed by atoms with Gasteiger partial charge >= 0.3 is 0 Å². The monoisotopic (exact) mass is 359 g/mol. The van der Waals surface area contributed by atoms with Crippen molar-refractivity contribution >= 4 is 17.5 Å². The van der Waals surface area contributed by atoms with Gasteiger partial charge in [-0.3, -0.25) is 9.59 Å². The first-order valence-electron chi connectivity index (χ1n) is 9.51. The van der Waals surface area contributed by atoms with Gasteiger partial charge in [0.2, 0.25) is 5.91 Å². The van der Waals surface area contributed by atoms with Crippen molar-refractivity contribution in [1.82, 2.24) is 10.6 Å². The summed E-state index contributed by atoms with van der Waals surface area (Å²) in [6.45, 7) is 5.07. The van der Waals surface area contributed by atoms with Crippen molar-refractivity contribution in [1.29, 1.82) is 0 Å². The fourth-order valence-electron chi connectivity index (χ4n) is 3.97. The van der Waals surface area contributed by atoms with Crippen molar-refractivity contribution < 1.29 is 14.3 Å². The van der Waals surface area contributed by atoms with Crippen LogP contribution in [-0.2, 0) is 9.59 Å². The van der Waals surface area contributed by atoms with Crippen molar-refractivity contribution in [2.75, 3.05) is 25.0 Å². The van der Waals surface area contributed by atoms with Gasteiger partial charge in [0.15, 0.2) is 6.10 Å². The summed E-state index contributed by atoms with van der Waals surface area (Å²) in [6, 6.07) is 7.78. The lowest BCUT2D eigenvalue weighted by atomic mass is 9.78. The van der Waals surface area contributed by atoms with E-state index >= 15 is 0 Å². The van der Waals surface area contributed by atoms with Crippen LogP contribution in [0.4, 0.5) is 5.69 Å². The number of anilines is 1. The van der Waals surface area contributed by atoms with Crippen molar-refractivity contribution in [2.24, 2.45) is 11.8 Å². The van der Waals surface area contributed by atoms with Crippen molar-refractivity contribution in [2.45, 2.75) is 45.3 Å². The molecule has 1 saturated carbocycles. The number of carbonyl (C=O) groups excluding carboxylic acids is 2. The number of benzene rings is 1. The lowest BCUT2D eigenvalue weighted by Crippen LogP contribution is -2.52. The zero-order valence-electron chi connectivity index (χ0n) is 15.8. The molecule has 1 aliphatic carbocycles. The summed E-state index contributed by atoms with van der Waals surface area (Å²) in [5, 5.41) is 5.84. The third kappa shape index (κ3) is 3.94. The van der Waals surface area contributed by atoms with E-state index in [9.17, 15) is 9.59 Å². The number of hydrogen-bond acceptors (Lipinski definition) is 4. The van der Waals surface area contributed by atoms with Gasteiger partial charge in [-0.05, 0) is 30.4 Å². The van der Waals surface area contributed by atoms with Gasteiger partial charge in [0.05, 0.1) is 18.8 Å². The third-order valence-corrected chi connectivity index (χ3v) is 5.79. The molecule has 6 heteroatoms. The minimum absolute atomic E-state index is 0.00306. The van der Waals surface area contributed by atoms with Crippen LogP contribution in [0.3, 0.4) is 0 Å². The minimum Gasteiger partial charge on any atom is -0.477 e. The van der Waals surface area contributed by atoms with Crippen LogP contribution < -0.4 is 20.3 Å². The number of para-hydroxylation sites is 2. The van der Waals surface area contributed by atoms with E-state index in [1.165, 1.54) is 6.42 Å². The number of rotatable bonds is 4. The molecule has 0 radical (unpaired) electrons. The summed E-state index contributed by atoms with van der Waals surface area (Å²) >= 11 is 0. The molecule has 0 aromatic heterocycles. The molecule has 2 amide bonds. The highest BCUT2D eigenvalue weighted by Crippen LogP contribution is 2.33. The number of likely N-dealkylation sites (N-methyl/N-ethyl adjacent to an activating group) is 1. The summed E-state index contributed by atoms with van der Waals surface area (Å²) in [7, 11) is 1.59. The van der Waals surface area contributed by atoms with Crippen LogP contribution in [0.1, 0.15) is 33.1 Å². The molecule has 6 nitrogen and oxygen atoms in total. The number of nitrogens with one attached hydrogen (secondary N) is 2. The molecular weight excluding hydrogens is 330 g/mol. The Morgan fingerprint density at radius 3 is 2.77 bits per heavy atom. The minimum atomic E-state index is -0.615. The first-order valence-corrected chi connectivity index (χ1v) is 9.51. The summed E-state index contributed by atoms with van der Waals surface area (Å²) in [4.78, 5) is 26.7. The maximum atomic E-state index is 12.7. The molecule has 2 aliphatic rings. The van der Waals surface area contributed by atoms with Crippen molar-refractivity contribution in [3.63, 3.8) is 0 Å². The molecule has 1 aromatic carbocycles. The predicted octanol–water partition coefficient (Wildman–Crippen LogP) is 1.94. The van der Waals surface area contributed by atoms with Gasteiger partial charge in [-0.2, -0.15) is 0 Å². The lowest BCUT2D eigenvalue weighted by molar-refractivity contribution is -0.128. The largest absolute Gasteiger partial charge is 0.477 e. The fourth-order valence-corrected chi connectivity index (χ4v) is 3.97. The van der Waals surface area contributed by atoms with Gasteiger partial charge in [-0.25, -0.2) is 0 Å². The summed E-state index contributed by atoms with van der Waals surface area (Å²) < 4.78 is 5.79. The molecule has 0 spiro atoms. The van der Waals surface area contributed by atoms with Gasteiger partial charge < -0.3 is 20.3 Å². The maximum Gasteiger partial charge on any atom is 0.262 e. The van der Waals surface area contributed by atoms with Crippen LogP contribution in [0.5, 0.6) is 5.75 Å². The molecule has 4 atom stereocenters. The number of nitrogens with zero attached hydrogens (tertiary/aromatic N) is 1. The molecule has 142 valence electrons. The van der Waals surface area contributed by atoms with Gasteiger partial charge in [-0.15, -0.1) is 0 Å². The van der Waals surface area contributed by atoms with E-state index < -0.39 is 6.10 Å². The van der Waals surface area contributed by atoms with Crippen molar-refractivity contribution in [3.05, 3.63) is 24.3 Å². The number of amides is 2. The van der Waals surface area contributed by atoms with Crippen molar-refractivity contribution in [3.8, 4) is 5.75 Å². The van der Waals surface area contributed by atoms with E-state index in [-0.39, 0.29) is 24.4 Å². The SMILES string of the molecule is CNC(=O)[C@H]1CN(CC(=O)N[C@@H]2CCC[C@@H](C)[C@H]2C)c2ccccc2O1. The summed E-state index contributed by atoms with van der Waals surface area (Å²) in [5.41, 5.74) is 0.855. The van der Waals surface area contributed by atoms with Gasteiger partial charge in [0.1, 0.15) is 5.75 Å². The van der Waals surface area contributed by atoms with Crippen LogP contribution in [0.2, 0.25) is 0 Å². The van der Waals surface area contributed by atoms with E-state index in [1.54, 1.807) is 7.05 Å². The molecule has 0 bridgehead atoms. The molecule has 3 rings (SSSR count). The van der Waals surface area contributed by atoms with Crippen LogP contribution >= 0.6 is 0 Å². The van der Waals surface area contributed by atoms with Gasteiger partial charge in [0.25, 0.3) is 5.91 Å². The Balaban J connectivity index is 1.69. The van der Waals surface area contributed by atoms with Gasteiger partial charge in [-0.1, -0.05) is 38.8 Å². The maximum absolute atomic E-state index is 12.7. The highest BCUT2D eigenvalue weighted by Gasteiger charge is 2.32. The van der Waals surface area contributed by atoms with E-state index in [0.717, 1.165) is 18.5 Å². The Kier molecular flexibility index (Phi) is 5.69. The van der Waals surface area contributed by atoms with Crippen LogP contribution in [0.25, 0.3) is 0 Å². The van der Waals surface area contributed by atoms with Crippen LogP contribution in [-0.4, -0.2) is 44.1 Å². The highest BCUT2D eigenvalue weighted by molar-refractivity contribution is 5.86. The average Bonchev–Trinajstić information content (AvgIpc) is 2.64. The number of carbonyl (C=O) groups is 2. The molecule has 1 fully saturated rings. The Morgan fingerprint density at radius 2 is 2.00 bits per heavy atom. The van der Waals surface area contributed by atoms with E-state index in [4.69, 9.17) is 4.74 Å². The number of ether oxygens (including phenoxy) is 1. The molecule has 2 N–H and O–H groups in total. The first-order chi connectivity index (χ1) is 12.5. The second kappa shape index (κ2) is 7.98. The Labute approximate surface area is 155 Å². The second-order valence-electron chi connectivity index (χ2n) is 7.51. The molecule has 0 saturated heterocycles. The average molecular weight is 359 g/mol. The zero-order chi connectivity index (χ0) is 18.7. The molecule has 1 aliphatic heterocycles. The van der Waals surface area contributed by atoms with Crippen LogP contribution in [0.15, 0.2) is 24.3 Å². The zero-order valence-corrected chi connectivity index (χ0v) is 15.8. The molecule has 1 aromatic rings. The van der Waals surface area contributed by atoms with E-state index in [0.29, 0.717) is 24.1 Å². The molecule has 0 unspecified atom stereocenters. The number of hydrogen-bond donors (Lipinski definition) is 2. The topological polar surface area (TPSA) is 70.7 Å². The number of fused-ring (bicyclic) bond motifs is 1. The summed E-state index contributed by atoms with van der Waals surface area (Å²) in [5.74, 6) is 1.59. The molecule has 1 heterocycles. The molecular formula is C20H29N3O3. The standard InChI is InChI=1S/C20H29N3O3/c1-13-7-6-8-15(14(13)2)22-19(24)12-23-11-18(20(25)21-3)26-17-10-5-4-9-16(17)23/h4-5,9-10,13-15,18H,6-8,11-12H2,1-3H3,(H,21,25)(H,22,24)/t13-,14-,15-,18-/m1/s1. The Morgan fingerprint density at radius 1 is 1.23 bits per heavy atom. The normalized spacial score (nSPS) is 27.9. The smallest absolute Gasteiger partial charge is 0.262 e. The summed E-state index contributed by atoms with van der Waals surface area (Å²) in [6.07, 6.45) is 2.82. The highest BCUT2D eigenvalue weighted by atomic mass is 16.5. The predicted molar refractivity (Wildman–Crippen MR) is 101 cm³/mol.